The zero-order valence-electron chi connectivity index (χ0n) is 22.0. The molecule has 2 heterocycles. The van der Waals surface area contributed by atoms with Crippen molar-refractivity contribution in [2.24, 2.45) is 5.92 Å². The molecule has 3 N–H and O–H groups in total. The number of thiazole rings is 1. The van der Waals surface area contributed by atoms with E-state index in [1.165, 1.54) is 11.3 Å². The van der Waals surface area contributed by atoms with Crippen LogP contribution >= 0.6 is 22.7 Å². The molecule has 1 aromatic carbocycles. The molecule has 0 spiro atoms. The maximum atomic E-state index is 13.5. The second-order valence-corrected chi connectivity index (χ2v) is 12.7. The first-order valence-corrected chi connectivity index (χ1v) is 15.0. The Balaban J connectivity index is 1.84. The molecule has 3 aromatic rings. The van der Waals surface area contributed by atoms with E-state index in [1.807, 2.05) is 36.7 Å². The van der Waals surface area contributed by atoms with Crippen LogP contribution in [0.4, 0.5) is 10.5 Å². The van der Waals surface area contributed by atoms with Crippen molar-refractivity contribution in [1.82, 2.24) is 15.6 Å². The highest BCUT2D eigenvalue weighted by atomic mass is 32.2. The molecule has 12 heteroatoms. The summed E-state index contributed by atoms with van der Waals surface area (Å²) in [6.07, 6.45) is 0.205. The number of benzene rings is 1. The van der Waals surface area contributed by atoms with Crippen molar-refractivity contribution in [2.75, 3.05) is 4.72 Å². The fraction of sp³-hybridized carbons (Fsp3) is 0.423. The van der Waals surface area contributed by atoms with E-state index in [9.17, 15) is 18.4 Å². The van der Waals surface area contributed by atoms with Gasteiger partial charge in [-0.05, 0) is 68.7 Å². The number of amides is 2. The van der Waals surface area contributed by atoms with Crippen LogP contribution in [0.25, 0.3) is 10.6 Å². The number of thiophene rings is 1. The standard InChI is InChI=1S/C26H34N4O5S3/c1-16(2)13-19(29-25(32)35-26(3,4)5)23(31)27-20(14-17-8-10-18(11-9-17)30-38(33)34)24-28-21(15-37-24)22-7-6-12-36-22/h6-12,15-16,19-20,30H,13-14H2,1-5H3,(H,27,31)(H,29,32)(H,33,34)/p-1/t19-,20-/m0/s1. The van der Waals surface area contributed by atoms with Crippen molar-refractivity contribution in [3.05, 3.63) is 57.7 Å². The third kappa shape index (κ3) is 9.50. The maximum absolute atomic E-state index is 13.5. The highest BCUT2D eigenvalue weighted by Gasteiger charge is 2.28. The first-order valence-electron chi connectivity index (χ1n) is 12.1. The predicted octanol–water partition coefficient (Wildman–Crippen LogP) is 5.42. The molecule has 2 aromatic heterocycles. The van der Waals surface area contributed by atoms with Gasteiger partial charge in [0.25, 0.3) is 0 Å². The second-order valence-electron chi connectivity index (χ2n) is 10.2. The fourth-order valence-electron chi connectivity index (χ4n) is 3.65. The van der Waals surface area contributed by atoms with Gasteiger partial charge in [0.1, 0.15) is 16.7 Å². The monoisotopic (exact) mass is 577 g/mol. The van der Waals surface area contributed by atoms with Gasteiger partial charge in [0.15, 0.2) is 0 Å². The first-order chi connectivity index (χ1) is 17.9. The Hall–Kier alpha value is -2.80. The number of hydrogen-bond donors (Lipinski definition) is 3. The van der Waals surface area contributed by atoms with Crippen LogP contribution in [0, 0.1) is 5.92 Å². The van der Waals surface area contributed by atoms with Crippen LogP contribution in [0.15, 0.2) is 47.2 Å². The third-order valence-corrected chi connectivity index (χ3v) is 7.47. The van der Waals surface area contributed by atoms with Gasteiger partial charge in [-0.2, -0.15) is 0 Å². The molecule has 0 saturated heterocycles. The number of nitrogens with one attached hydrogen (secondary N) is 3. The third-order valence-electron chi connectivity index (χ3n) is 5.22. The summed E-state index contributed by atoms with van der Waals surface area (Å²) < 4.78 is 29.6. The van der Waals surface area contributed by atoms with E-state index < -0.39 is 35.0 Å². The summed E-state index contributed by atoms with van der Waals surface area (Å²) in [4.78, 5) is 31.8. The van der Waals surface area contributed by atoms with Gasteiger partial charge in [-0.25, -0.2) is 9.78 Å². The van der Waals surface area contributed by atoms with Gasteiger partial charge >= 0.3 is 6.09 Å². The number of carbonyl (C=O) groups excluding carboxylic acids is 2. The number of alkyl carbamates (subject to hydrolysis) is 1. The molecule has 38 heavy (non-hydrogen) atoms. The summed E-state index contributed by atoms with van der Waals surface area (Å²) in [6.45, 7) is 9.26. The number of nitrogens with zero attached hydrogens (tertiary/aromatic N) is 1. The Bertz CT molecular complexity index is 1220. The summed E-state index contributed by atoms with van der Waals surface area (Å²) >= 11 is 0.623. The molecule has 0 aliphatic heterocycles. The minimum absolute atomic E-state index is 0.149. The van der Waals surface area contributed by atoms with Crippen molar-refractivity contribution in [3.63, 3.8) is 0 Å². The van der Waals surface area contributed by atoms with Gasteiger partial charge in [0, 0.05) is 22.3 Å². The molecule has 0 aliphatic carbocycles. The maximum Gasteiger partial charge on any atom is 0.408 e. The Morgan fingerprint density at radius 3 is 2.39 bits per heavy atom. The van der Waals surface area contributed by atoms with Crippen LogP contribution in [0.1, 0.15) is 57.7 Å². The summed E-state index contributed by atoms with van der Waals surface area (Å²) in [7, 11) is 0. The van der Waals surface area contributed by atoms with Gasteiger partial charge in [-0.1, -0.05) is 32.0 Å². The smallest absolute Gasteiger partial charge is 0.408 e. The number of aromatic nitrogens is 1. The van der Waals surface area contributed by atoms with Gasteiger partial charge < -0.3 is 24.6 Å². The molecule has 0 aliphatic rings. The normalized spacial score (nSPS) is 14.0. The summed E-state index contributed by atoms with van der Waals surface area (Å²) in [6, 6.07) is 9.61. The Morgan fingerprint density at radius 2 is 1.82 bits per heavy atom. The lowest BCUT2D eigenvalue weighted by molar-refractivity contribution is -0.124. The molecule has 206 valence electrons. The van der Waals surface area contributed by atoms with E-state index in [2.05, 4.69) is 15.4 Å². The summed E-state index contributed by atoms with van der Waals surface area (Å²) in [5, 5.41) is 10.5. The molecule has 3 atom stereocenters. The molecule has 0 fully saturated rings. The van der Waals surface area contributed by atoms with Crippen molar-refractivity contribution >= 4 is 51.6 Å². The van der Waals surface area contributed by atoms with E-state index >= 15 is 0 Å². The van der Waals surface area contributed by atoms with E-state index in [4.69, 9.17) is 9.72 Å². The first kappa shape index (κ1) is 29.8. The molecular formula is C26H33N4O5S3-. The fourth-order valence-corrected chi connectivity index (χ4v) is 5.61. The Labute approximate surface area is 233 Å². The molecular weight excluding hydrogens is 545 g/mol. The zero-order valence-corrected chi connectivity index (χ0v) is 24.4. The molecule has 9 nitrogen and oxygen atoms in total. The molecule has 0 bridgehead atoms. The lowest BCUT2D eigenvalue weighted by Crippen LogP contribution is -2.49. The van der Waals surface area contributed by atoms with Crippen molar-refractivity contribution in [3.8, 4) is 10.6 Å². The predicted molar refractivity (Wildman–Crippen MR) is 152 cm³/mol. The number of hydrogen-bond acceptors (Lipinski definition) is 8. The molecule has 2 amide bonds. The van der Waals surface area contributed by atoms with Crippen LogP contribution < -0.4 is 15.4 Å². The number of ether oxygens (including phenoxy) is 1. The van der Waals surface area contributed by atoms with Crippen LogP contribution in [0.5, 0.6) is 0 Å². The van der Waals surface area contributed by atoms with Crippen LogP contribution in [0.3, 0.4) is 0 Å². The highest BCUT2D eigenvalue weighted by molar-refractivity contribution is 7.80. The van der Waals surface area contributed by atoms with Crippen LogP contribution in [-0.4, -0.2) is 37.4 Å². The molecule has 1 unspecified atom stereocenters. The lowest BCUT2D eigenvalue weighted by atomic mass is 10.0. The topological polar surface area (TPSA) is 132 Å². The number of anilines is 1. The lowest BCUT2D eigenvalue weighted by Gasteiger charge is -2.26. The SMILES string of the molecule is CC(C)C[C@H](NC(=O)OC(C)(C)C)C(=O)N[C@@H](Cc1ccc(NS(=O)[O-])cc1)c1nc(-c2cccs2)cs1. The van der Waals surface area contributed by atoms with Gasteiger partial charge in [-0.15, -0.1) is 22.7 Å². The van der Waals surface area contributed by atoms with Gasteiger partial charge in [0.2, 0.25) is 5.91 Å². The van der Waals surface area contributed by atoms with E-state index in [0.29, 0.717) is 18.5 Å². The Morgan fingerprint density at radius 1 is 1.11 bits per heavy atom. The number of rotatable bonds is 11. The quantitative estimate of drug-likeness (QED) is 0.261. The highest BCUT2D eigenvalue weighted by Crippen LogP contribution is 2.30. The van der Waals surface area contributed by atoms with Crippen molar-refractivity contribution in [1.29, 1.82) is 0 Å². The summed E-state index contributed by atoms with van der Waals surface area (Å²) in [5.41, 5.74) is 1.47. The second kappa shape index (κ2) is 13.3. The minimum Gasteiger partial charge on any atom is -0.755 e. The van der Waals surface area contributed by atoms with E-state index in [0.717, 1.165) is 21.1 Å². The molecule has 0 saturated carbocycles. The average molecular weight is 578 g/mol. The van der Waals surface area contributed by atoms with E-state index in [1.54, 1.807) is 56.4 Å². The summed E-state index contributed by atoms with van der Waals surface area (Å²) in [5.74, 6) is -0.182. The van der Waals surface area contributed by atoms with E-state index in [-0.39, 0.29) is 11.8 Å². The number of carbonyl (C=O) groups is 2. The molecule has 3 rings (SSSR count). The zero-order chi connectivity index (χ0) is 27.9. The van der Waals surface area contributed by atoms with Gasteiger partial charge in [0.05, 0.1) is 16.6 Å². The average Bonchev–Trinajstić information content (AvgIpc) is 3.49. The van der Waals surface area contributed by atoms with Gasteiger partial charge in [-0.3, -0.25) is 9.00 Å². The Kier molecular flexibility index (Phi) is 10.4. The van der Waals surface area contributed by atoms with Crippen LogP contribution in [-0.2, 0) is 27.2 Å². The molecule has 0 radical (unpaired) electrons. The minimum atomic E-state index is -2.41. The van der Waals surface area contributed by atoms with Crippen LogP contribution in [0.2, 0.25) is 0 Å². The van der Waals surface area contributed by atoms with Crippen molar-refractivity contribution < 1.29 is 23.1 Å². The largest absolute Gasteiger partial charge is 0.755 e. The van der Waals surface area contributed by atoms with Crippen molar-refractivity contribution in [2.45, 2.75) is 65.1 Å².